The number of carbonyl (C=O) groups is 1. The molecule has 0 fully saturated rings. The van der Waals surface area contributed by atoms with Gasteiger partial charge in [0.2, 0.25) is 5.91 Å². The highest BCUT2D eigenvalue weighted by Gasteiger charge is 2.13. The lowest BCUT2D eigenvalue weighted by Gasteiger charge is -2.23. The molecule has 0 unspecified atom stereocenters. The average molecular weight is 200 g/mol. The van der Waals surface area contributed by atoms with Gasteiger partial charge in [0.15, 0.2) is 0 Å². The van der Waals surface area contributed by atoms with Crippen molar-refractivity contribution in [2.75, 3.05) is 20.1 Å². The first-order valence-electron chi connectivity index (χ1n) is 5.20. The van der Waals surface area contributed by atoms with Crippen molar-refractivity contribution in [1.29, 1.82) is 0 Å². The van der Waals surface area contributed by atoms with Gasteiger partial charge in [0.1, 0.15) is 0 Å². The monoisotopic (exact) mass is 200 g/mol. The van der Waals surface area contributed by atoms with Crippen molar-refractivity contribution in [3.63, 3.8) is 0 Å². The second kappa shape index (κ2) is 5.35. The predicted molar refractivity (Wildman–Crippen MR) is 60.2 cm³/mol. The van der Waals surface area contributed by atoms with Gasteiger partial charge in [0.25, 0.3) is 0 Å². The zero-order valence-corrected chi connectivity index (χ0v) is 10.3. The maximum absolute atomic E-state index is 11.5. The van der Waals surface area contributed by atoms with Gasteiger partial charge in [-0.1, -0.05) is 20.8 Å². The number of carbonyl (C=O) groups excluding carboxylic acids is 1. The molecular formula is C11H24N2O. The summed E-state index contributed by atoms with van der Waals surface area (Å²) in [4.78, 5) is 13.3. The molecule has 0 saturated carbocycles. The van der Waals surface area contributed by atoms with E-state index < -0.39 is 0 Å². The number of nitrogens with zero attached hydrogens (tertiary/aromatic N) is 1. The normalized spacial score (nSPS) is 11.9. The summed E-state index contributed by atoms with van der Waals surface area (Å²) in [7, 11) is 1.84. The third-order valence-electron chi connectivity index (χ3n) is 2.10. The van der Waals surface area contributed by atoms with Crippen LogP contribution in [0.1, 0.15) is 34.6 Å². The van der Waals surface area contributed by atoms with E-state index in [1.165, 1.54) is 0 Å². The number of likely N-dealkylation sites (N-methyl/N-ethyl adjacent to an activating group) is 1. The molecule has 3 heteroatoms. The molecule has 3 nitrogen and oxygen atoms in total. The topological polar surface area (TPSA) is 32.3 Å². The summed E-state index contributed by atoms with van der Waals surface area (Å²) >= 11 is 0. The molecule has 14 heavy (non-hydrogen) atoms. The Morgan fingerprint density at radius 1 is 1.36 bits per heavy atom. The summed E-state index contributed by atoms with van der Waals surface area (Å²) in [5.74, 6) is 0.157. The lowest BCUT2D eigenvalue weighted by Crippen LogP contribution is -2.41. The quantitative estimate of drug-likeness (QED) is 0.745. The van der Waals surface area contributed by atoms with E-state index in [0.717, 1.165) is 6.54 Å². The summed E-state index contributed by atoms with van der Waals surface area (Å²) in [5.41, 5.74) is 0.233. The van der Waals surface area contributed by atoms with Crippen LogP contribution in [0.2, 0.25) is 0 Å². The van der Waals surface area contributed by atoms with Crippen LogP contribution in [0.15, 0.2) is 0 Å². The van der Waals surface area contributed by atoms with Crippen molar-refractivity contribution < 1.29 is 4.79 Å². The Morgan fingerprint density at radius 2 is 1.86 bits per heavy atom. The molecule has 1 amide bonds. The second-order valence-electron chi connectivity index (χ2n) is 5.26. The van der Waals surface area contributed by atoms with Crippen molar-refractivity contribution in [2.45, 2.75) is 40.7 Å². The molecule has 0 aliphatic heterocycles. The largest absolute Gasteiger partial charge is 0.342 e. The van der Waals surface area contributed by atoms with Crippen LogP contribution in [0.3, 0.4) is 0 Å². The molecule has 0 aliphatic carbocycles. The maximum atomic E-state index is 11.5. The van der Waals surface area contributed by atoms with E-state index in [-0.39, 0.29) is 17.4 Å². The minimum atomic E-state index is 0.157. The summed E-state index contributed by atoms with van der Waals surface area (Å²) in [5, 5.41) is 3.17. The Balaban J connectivity index is 3.75. The van der Waals surface area contributed by atoms with Gasteiger partial charge >= 0.3 is 0 Å². The first-order chi connectivity index (χ1) is 6.24. The number of nitrogens with one attached hydrogen (secondary N) is 1. The molecule has 0 bridgehead atoms. The highest BCUT2D eigenvalue weighted by molar-refractivity contribution is 5.78. The standard InChI is InChI=1S/C11H24N2O/c1-9(2)13(6)10(14)7-12-8-11(3,4)5/h9,12H,7-8H2,1-6H3. The SMILES string of the molecule is CC(C)N(C)C(=O)CNCC(C)(C)C. The minimum absolute atomic E-state index is 0.157. The van der Waals surface area contributed by atoms with E-state index in [1.807, 2.05) is 20.9 Å². The molecule has 0 rings (SSSR count). The van der Waals surface area contributed by atoms with Crippen molar-refractivity contribution in [1.82, 2.24) is 10.2 Å². The maximum Gasteiger partial charge on any atom is 0.236 e. The highest BCUT2D eigenvalue weighted by Crippen LogP contribution is 2.09. The zero-order valence-electron chi connectivity index (χ0n) is 10.3. The van der Waals surface area contributed by atoms with Crippen molar-refractivity contribution >= 4 is 5.91 Å². The molecule has 0 spiro atoms. The van der Waals surface area contributed by atoms with E-state index in [2.05, 4.69) is 26.1 Å². The fourth-order valence-corrected chi connectivity index (χ4v) is 0.957. The predicted octanol–water partition coefficient (Wildman–Crippen LogP) is 1.49. The van der Waals surface area contributed by atoms with Crippen molar-refractivity contribution in [2.24, 2.45) is 5.41 Å². The van der Waals surface area contributed by atoms with Crippen molar-refractivity contribution in [3.05, 3.63) is 0 Å². The van der Waals surface area contributed by atoms with Gasteiger partial charge in [0, 0.05) is 19.6 Å². The van der Waals surface area contributed by atoms with Crippen molar-refractivity contribution in [3.8, 4) is 0 Å². The summed E-state index contributed by atoms with van der Waals surface area (Å²) < 4.78 is 0. The van der Waals surface area contributed by atoms with Gasteiger partial charge in [-0.15, -0.1) is 0 Å². The molecule has 0 aromatic heterocycles. The average Bonchev–Trinajstić information content (AvgIpc) is 2.00. The molecule has 0 aromatic carbocycles. The van der Waals surface area contributed by atoms with E-state index >= 15 is 0 Å². The molecule has 0 atom stereocenters. The fraction of sp³-hybridized carbons (Fsp3) is 0.909. The van der Waals surface area contributed by atoms with Gasteiger partial charge in [0.05, 0.1) is 6.54 Å². The first-order valence-corrected chi connectivity index (χ1v) is 5.20. The molecule has 1 N–H and O–H groups in total. The minimum Gasteiger partial charge on any atom is -0.342 e. The van der Waals surface area contributed by atoms with Crippen LogP contribution in [0.4, 0.5) is 0 Å². The van der Waals surface area contributed by atoms with E-state index in [9.17, 15) is 4.79 Å². The fourth-order valence-electron chi connectivity index (χ4n) is 0.957. The molecule has 0 saturated heterocycles. The molecule has 0 aliphatic rings. The molecule has 84 valence electrons. The number of amides is 1. The Kier molecular flexibility index (Phi) is 5.13. The summed E-state index contributed by atoms with van der Waals surface area (Å²) in [6, 6.07) is 0.277. The summed E-state index contributed by atoms with van der Waals surface area (Å²) in [6.07, 6.45) is 0. The number of rotatable bonds is 4. The second-order valence-corrected chi connectivity index (χ2v) is 5.26. The van der Waals surface area contributed by atoms with Crippen LogP contribution >= 0.6 is 0 Å². The van der Waals surface area contributed by atoms with Crippen LogP contribution in [-0.2, 0) is 4.79 Å². The van der Waals surface area contributed by atoms with Crippen LogP contribution in [0.25, 0.3) is 0 Å². The molecule has 0 aromatic rings. The summed E-state index contributed by atoms with van der Waals surface area (Å²) in [6.45, 7) is 11.8. The van der Waals surface area contributed by atoms with E-state index in [0.29, 0.717) is 6.54 Å². The van der Waals surface area contributed by atoms with Crippen LogP contribution in [-0.4, -0.2) is 37.0 Å². The molecular weight excluding hydrogens is 176 g/mol. The Morgan fingerprint density at radius 3 is 2.21 bits per heavy atom. The van der Waals surface area contributed by atoms with Gasteiger partial charge in [-0.3, -0.25) is 4.79 Å². The first kappa shape index (κ1) is 13.4. The lowest BCUT2D eigenvalue weighted by atomic mass is 9.97. The smallest absolute Gasteiger partial charge is 0.236 e. The number of hydrogen-bond acceptors (Lipinski definition) is 2. The van der Waals surface area contributed by atoms with Gasteiger partial charge < -0.3 is 10.2 Å². The van der Waals surface area contributed by atoms with E-state index in [1.54, 1.807) is 4.90 Å². The third-order valence-corrected chi connectivity index (χ3v) is 2.10. The van der Waals surface area contributed by atoms with Gasteiger partial charge in [-0.05, 0) is 19.3 Å². The Bertz CT molecular complexity index is 182. The highest BCUT2D eigenvalue weighted by atomic mass is 16.2. The van der Waals surface area contributed by atoms with Crippen LogP contribution in [0, 0.1) is 5.41 Å². The van der Waals surface area contributed by atoms with Crippen LogP contribution < -0.4 is 5.32 Å². The lowest BCUT2D eigenvalue weighted by molar-refractivity contribution is -0.130. The van der Waals surface area contributed by atoms with Gasteiger partial charge in [-0.25, -0.2) is 0 Å². The third kappa shape index (κ3) is 5.97. The van der Waals surface area contributed by atoms with E-state index in [4.69, 9.17) is 0 Å². The molecule has 0 heterocycles. The number of hydrogen-bond donors (Lipinski definition) is 1. The zero-order chi connectivity index (χ0) is 11.4. The Hall–Kier alpha value is -0.570. The molecule has 0 radical (unpaired) electrons. The Labute approximate surface area is 87.9 Å². The van der Waals surface area contributed by atoms with Gasteiger partial charge in [-0.2, -0.15) is 0 Å². The van der Waals surface area contributed by atoms with Crippen LogP contribution in [0.5, 0.6) is 0 Å².